The molecule has 0 radical (unpaired) electrons. The quantitative estimate of drug-likeness (QED) is 0.713. The lowest BCUT2D eigenvalue weighted by Crippen LogP contribution is -2.41. The molecule has 0 saturated carbocycles. The zero-order chi connectivity index (χ0) is 17.4. The third kappa shape index (κ3) is 5.38. The Balaban J connectivity index is 2.04. The number of carboxylic acids is 1. The molecule has 1 aromatic heterocycles. The van der Waals surface area contributed by atoms with Crippen LogP contribution in [-0.2, 0) is 11.3 Å². The van der Waals surface area contributed by atoms with Crippen molar-refractivity contribution >= 4 is 23.3 Å². The van der Waals surface area contributed by atoms with E-state index >= 15 is 0 Å². The predicted octanol–water partition coefficient (Wildman–Crippen LogP) is 3.89. The molecule has 5 nitrogen and oxygen atoms in total. The summed E-state index contributed by atoms with van der Waals surface area (Å²) in [4.78, 5) is 26.1. The zero-order valence-electron chi connectivity index (χ0n) is 13.6. The first-order chi connectivity index (χ1) is 11.6. The molecule has 0 spiro atoms. The van der Waals surface area contributed by atoms with Gasteiger partial charge in [0.1, 0.15) is 0 Å². The maximum Gasteiger partial charge on any atom is 0.318 e. The Morgan fingerprint density at radius 1 is 1.21 bits per heavy atom. The second-order valence-electron chi connectivity index (χ2n) is 5.53. The monoisotopic (exact) mass is 346 g/mol. The normalized spacial score (nSPS) is 11.7. The van der Waals surface area contributed by atoms with Crippen molar-refractivity contribution in [3.8, 4) is 0 Å². The van der Waals surface area contributed by atoms with Crippen LogP contribution in [0.3, 0.4) is 0 Å². The minimum atomic E-state index is -0.850. The van der Waals surface area contributed by atoms with Crippen LogP contribution in [0.15, 0.2) is 47.8 Å². The van der Waals surface area contributed by atoms with Gasteiger partial charge in [0.25, 0.3) is 0 Å². The van der Waals surface area contributed by atoms with Crippen LogP contribution in [0.25, 0.3) is 0 Å². The molecule has 0 aliphatic heterocycles. The number of carbonyl (C=O) groups excluding carboxylic acids is 1. The number of thiophene rings is 1. The van der Waals surface area contributed by atoms with E-state index in [1.165, 1.54) is 0 Å². The average molecular weight is 346 g/mol. The standard InChI is InChI=1S/C18H22N2O3S/c1-14(16-9-6-12-24-16)20(13-15-7-3-2-4-8-15)18(23)19-11-5-10-17(21)22/h2-4,6-9,12,14H,5,10-11,13H2,1H3,(H,19,23)(H,21,22). The first-order valence-electron chi connectivity index (χ1n) is 7.91. The highest BCUT2D eigenvalue weighted by atomic mass is 32.1. The molecule has 0 fully saturated rings. The van der Waals surface area contributed by atoms with Gasteiger partial charge in [-0.15, -0.1) is 11.3 Å². The maximum absolute atomic E-state index is 12.6. The summed E-state index contributed by atoms with van der Waals surface area (Å²) in [6.45, 7) is 2.86. The predicted molar refractivity (Wildman–Crippen MR) is 95.0 cm³/mol. The van der Waals surface area contributed by atoms with E-state index in [-0.39, 0.29) is 18.5 Å². The number of aliphatic carboxylic acids is 1. The number of amides is 2. The fraction of sp³-hybridized carbons (Fsp3) is 0.333. The lowest BCUT2D eigenvalue weighted by molar-refractivity contribution is -0.137. The smallest absolute Gasteiger partial charge is 0.318 e. The Bertz CT molecular complexity index is 644. The van der Waals surface area contributed by atoms with E-state index in [9.17, 15) is 9.59 Å². The number of benzene rings is 1. The molecule has 1 heterocycles. The van der Waals surface area contributed by atoms with Gasteiger partial charge in [-0.2, -0.15) is 0 Å². The summed E-state index contributed by atoms with van der Waals surface area (Å²) in [5.74, 6) is -0.850. The Morgan fingerprint density at radius 3 is 2.58 bits per heavy atom. The van der Waals surface area contributed by atoms with Gasteiger partial charge in [-0.25, -0.2) is 4.79 Å². The summed E-state index contributed by atoms with van der Waals surface area (Å²) in [5.41, 5.74) is 1.06. The van der Waals surface area contributed by atoms with Crippen molar-refractivity contribution in [2.45, 2.75) is 32.4 Å². The fourth-order valence-electron chi connectivity index (χ4n) is 2.38. The summed E-state index contributed by atoms with van der Waals surface area (Å²) < 4.78 is 0. The summed E-state index contributed by atoms with van der Waals surface area (Å²) in [6, 6.07) is 13.6. The fourth-order valence-corrected chi connectivity index (χ4v) is 3.18. The molecule has 6 heteroatoms. The summed E-state index contributed by atoms with van der Waals surface area (Å²) in [6.07, 6.45) is 0.479. The van der Waals surface area contributed by atoms with Crippen molar-refractivity contribution in [3.05, 3.63) is 58.3 Å². The van der Waals surface area contributed by atoms with Gasteiger partial charge in [0, 0.05) is 24.4 Å². The van der Waals surface area contributed by atoms with Crippen LogP contribution in [0, 0.1) is 0 Å². The molecule has 0 aliphatic rings. The second-order valence-corrected chi connectivity index (χ2v) is 6.51. The lowest BCUT2D eigenvalue weighted by Gasteiger charge is -2.29. The van der Waals surface area contributed by atoms with Gasteiger partial charge in [0.15, 0.2) is 0 Å². The Morgan fingerprint density at radius 2 is 1.96 bits per heavy atom. The molecule has 24 heavy (non-hydrogen) atoms. The summed E-state index contributed by atoms with van der Waals surface area (Å²) in [7, 11) is 0. The number of urea groups is 1. The molecule has 2 amide bonds. The van der Waals surface area contributed by atoms with Gasteiger partial charge in [-0.3, -0.25) is 4.79 Å². The maximum atomic E-state index is 12.6. The summed E-state index contributed by atoms with van der Waals surface area (Å²) in [5, 5.41) is 13.5. The first kappa shape index (κ1) is 18.0. The number of carbonyl (C=O) groups is 2. The van der Waals surface area contributed by atoms with Crippen LogP contribution in [-0.4, -0.2) is 28.6 Å². The molecule has 1 unspecified atom stereocenters. The minimum Gasteiger partial charge on any atom is -0.481 e. The topological polar surface area (TPSA) is 69.6 Å². The zero-order valence-corrected chi connectivity index (χ0v) is 14.5. The van der Waals surface area contributed by atoms with E-state index < -0.39 is 5.97 Å². The molecular formula is C18H22N2O3S. The van der Waals surface area contributed by atoms with E-state index in [2.05, 4.69) is 5.32 Å². The van der Waals surface area contributed by atoms with Crippen molar-refractivity contribution in [2.24, 2.45) is 0 Å². The van der Waals surface area contributed by atoms with E-state index in [0.29, 0.717) is 19.5 Å². The highest BCUT2D eigenvalue weighted by Gasteiger charge is 2.22. The van der Waals surface area contributed by atoms with Crippen LogP contribution >= 0.6 is 11.3 Å². The molecule has 0 bridgehead atoms. The van der Waals surface area contributed by atoms with Gasteiger partial charge in [-0.05, 0) is 30.4 Å². The van der Waals surface area contributed by atoms with Crippen LogP contribution in [0.2, 0.25) is 0 Å². The molecule has 1 atom stereocenters. The highest BCUT2D eigenvalue weighted by molar-refractivity contribution is 7.10. The molecule has 2 aromatic rings. The Kier molecular flexibility index (Phi) is 6.81. The largest absolute Gasteiger partial charge is 0.481 e. The van der Waals surface area contributed by atoms with Crippen molar-refractivity contribution in [1.29, 1.82) is 0 Å². The second kappa shape index (κ2) is 9.08. The summed E-state index contributed by atoms with van der Waals surface area (Å²) >= 11 is 1.62. The number of carboxylic acid groups (broad SMARTS) is 1. The molecule has 1 aromatic carbocycles. The number of nitrogens with one attached hydrogen (secondary N) is 1. The third-order valence-electron chi connectivity index (χ3n) is 3.72. The number of nitrogens with zero attached hydrogens (tertiary/aromatic N) is 1. The van der Waals surface area contributed by atoms with Gasteiger partial charge < -0.3 is 15.3 Å². The van der Waals surface area contributed by atoms with Crippen LogP contribution in [0.4, 0.5) is 4.79 Å². The number of hydrogen-bond donors (Lipinski definition) is 2. The van der Waals surface area contributed by atoms with E-state index in [1.54, 1.807) is 16.2 Å². The first-order valence-corrected chi connectivity index (χ1v) is 8.79. The Hall–Kier alpha value is -2.34. The molecule has 2 N–H and O–H groups in total. The van der Waals surface area contributed by atoms with Gasteiger partial charge in [0.2, 0.25) is 0 Å². The molecule has 0 aliphatic carbocycles. The number of hydrogen-bond acceptors (Lipinski definition) is 3. The molecule has 128 valence electrons. The third-order valence-corrected chi connectivity index (χ3v) is 4.77. The van der Waals surface area contributed by atoms with Gasteiger partial charge >= 0.3 is 12.0 Å². The van der Waals surface area contributed by atoms with Crippen molar-refractivity contribution < 1.29 is 14.7 Å². The lowest BCUT2D eigenvalue weighted by atomic mass is 10.1. The minimum absolute atomic E-state index is 0.0512. The van der Waals surface area contributed by atoms with Crippen molar-refractivity contribution in [2.75, 3.05) is 6.54 Å². The van der Waals surface area contributed by atoms with E-state index in [0.717, 1.165) is 10.4 Å². The number of rotatable bonds is 8. The van der Waals surface area contributed by atoms with Crippen molar-refractivity contribution in [1.82, 2.24) is 10.2 Å². The molecular weight excluding hydrogens is 324 g/mol. The van der Waals surface area contributed by atoms with Crippen molar-refractivity contribution in [3.63, 3.8) is 0 Å². The van der Waals surface area contributed by atoms with E-state index in [1.807, 2.05) is 54.8 Å². The van der Waals surface area contributed by atoms with E-state index in [4.69, 9.17) is 5.11 Å². The van der Waals surface area contributed by atoms with Crippen LogP contribution < -0.4 is 5.32 Å². The Labute approximate surface area is 145 Å². The van der Waals surface area contributed by atoms with Gasteiger partial charge in [0.05, 0.1) is 6.04 Å². The average Bonchev–Trinajstić information content (AvgIpc) is 3.11. The highest BCUT2D eigenvalue weighted by Crippen LogP contribution is 2.26. The van der Waals surface area contributed by atoms with Crippen LogP contribution in [0.1, 0.15) is 36.2 Å². The van der Waals surface area contributed by atoms with Gasteiger partial charge in [-0.1, -0.05) is 36.4 Å². The van der Waals surface area contributed by atoms with Crippen LogP contribution in [0.5, 0.6) is 0 Å². The molecule has 2 rings (SSSR count). The molecule has 0 saturated heterocycles. The SMILES string of the molecule is CC(c1cccs1)N(Cc1ccccc1)C(=O)NCCCC(=O)O.